The molecule has 0 radical (unpaired) electrons. The van der Waals surface area contributed by atoms with E-state index in [-0.39, 0.29) is 11.8 Å². The van der Waals surface area contributed by atoms with Crippen LogP contribution in [0.4, 0.5) is 37.7 Å². The average molecular weight is 446 g/mol. The normalized spacial score (nSPS) is 16.4. The predicted molar refractivity (Wildman–Crippen MR) is 99.7 cm³/mol. The van der Waals surface area contributed by atoms with Crippen LogP contribution in [0.3, 0.4) is 0 Å². The number of alkyl halides is 6. The van der Waals surface area contributed by atoms with Gasteiger partial charge in [-0.3, -0.25) is 4.90 Å². The number of benzene rings is 2. The highest BCUT2D eigenvalue weighted by atomic mass is 19.4. The zero-order chi connectivity index (χ0) is 22.6. The summed E-state index contributed by atoms with van der Waals surface area (Å²) in [4.78, 5) is 5.87. The lowest BCUT2D eigenvalue weighted by molar-refractivity contribution is -0.214. The number of morpholine rings is 1. The lowest BCUT2D eigenvalue weighted by Gasteiger charge is -2.26. The van der Waals surface area contributed by atoms with Gasteiger partial charge in [0.2, 0.25) is 0 Å². The van der Waals surface area contributed by atoms with Crippen LogP contribution in [0, 0.1) is 0 Å². The second-order valence-electron chi connectivity index (χ2n) is 6.89. The van der Waals surface area contributed by atoms with Gasteiger partial charge in [0.05, 0.1) is 36.0 Å². The topological polar surface area (TPSA) is 59.9 Å². The quantitative estimate of drug-likeness (QED) is 0.438. The van der Waals surface area contributed by atoms with E-state index in [0.29, 0.717) is 31.9 Å². The molecule has 0 spiro atoms. The van der Waals surface area contributed by atoms with Crippen molar-refractivity contribution in [2.24, 2.45) is 4.99 Å². The molecular formula is C20H18F6N3O2-. The second kappa shape index (κ2) is 9.15. The van der Waals surface area contributed by atoms with Crippen molar-refractivity contribution < 1.29 is 36.2 Å². The molecule has 0 saturated carbocycles. The van der Waals surface area contributed by atoms with Crippen molar-refractivity contribution in [2.75, 3.05) is 31.6 Å². The molecule has 0 aliphatic carbocycles. The van der Waals surface area contributed by atoms with Crippen LogP contribution in [0.2, 0.25) is 0 Å². The molecule has 11 heteroatoms. The number of aliphatic imine (C=N–C) groups is 1. The number of nitrogens with one attached hydrogen (secondary N) is 1. The third-order valence-corrected chi connectivity index (χ3v) is 4.52. The summed E-state index contributed by atoms with van der Waals surface area (Å²) in [6.07, 6.45) is -10.0. The van der Waals surface area contributed by atoms with Gasteiger partial charge in [-0.1, -0.05) is 12.1 Å². The molecule has 3 rings (SSSR count). The van der Waals surface area contributed by atoms with Crippen LogP contribution in [0.25, 0.3) is 0 Å². The summed E-state index contributed by atoms with van der Waals surface area (Å²) < 4.78 is 82.7. The standard InChI is InChI=1S/C20H19F6N3O2/c21-19(22,23)14-9-15(20(24,25)26)11-17(10-14)28-18(30)27-16-3-1-13(2-4-16)12-29-5-7-31-8-6-29/h1-4,9-11H,5-8,12H2,(H2,27,28,30)/p-1. The molecule has 5 nitrogen and oxygen atoms in total. The van der Waals surface area contributed by atoms with E-state index < -0.39 is 35.2 Å². The van der Waals surface area contributed by atoms with Crippen LogP contribution in [-0.2, 0) is 23.6 Å². The smallest absolute Gasteiger partial charge is 0.416 e. The minimum absolute atomic E-state index is 0.0139. The van der Waals surface area contributed by atoms with Gasteiger partial charge in [-0.25, -0.2) is 4.99 Å². The highest BCUT2D eigenvalue weighted by Gasteiger charge is 2.36. The Morgan fingerprint density at radius 3 is 2.00 bits per heavy atom. The number of nitrogens with zero attached hydrogens (tertiary/aromatic N) is 2. The van der Waals surface area contributed by atoms with Crippen LogP contribution in [0.5, 0.6) is 0 Å². The molecule has 168 valence electrons. The molecule has 2 aromatic rings. The molecule has 2 aromatic carbocycles. The Labute approximate surface area is 174 Å². The Morgan fingerprint density at radius 2 is 1.48 bits per heavy atom. The first-order chi connectivity index (χ1) is 14.5. The molecule has 31 heavy (non-hydrogen) atoms. The summed E-state index contributed by atoms with van der Waals surface area (Å²) in [5, 5.41) is 14.0. The first-order valence-corrected chi connectivity index (χ1v) is 9.22. The fourth-order valence-electron chi connectivity index (χ4n) is 2.99. The number of ether oxygens (including phenoxy) is 1. The molecule has 1 saturated heterocycles. The fourth-order valence-corrected chi connectivity index (χ4v) is 2.99. The van der Waals surface area contributed by atoms with Crippen molar-refractivity contribution in [3.05, 3.63) is 59.2 Å². The Bertz CT molecular complexity index is 888. The summed E-state index contributed by atoms with van der Waals surface area (Å²) in [7, 11) is 0. The molecule has 0 aromatic heterocycles. The van der Waals surface area contributed by atoms with Gasteiger partial charge in [-0.2, -0.15) is 26.3 Å². The van der Waals surface area contributed by atoms with Crippen LogP contribution in [0.1, 0.15) is 16.7 Å². The number of rotatable bonds is 4. The Balaban J connectivity index is 1.73. The predicted octanol–water partition coefficient (Wildman–Crippen LogP) is 4.02. The minimum atomic E-state index is -5.01. The Hall–Kier alpha value is -2.79. The van der Waals surface area contributed by atoms with Gasteiger partial charge < -0.3 is 15.2 Å². The Kier molecular flexibility index (Phi) is 6.75. The molecule has 0 amide bonds. The molecule has 1 aliphatic heterocycles. The van der Waals surface area contributed by atoms with Gasteiger partial charge in [-0.15, -0.1) is 0 Å². The zero-order valence-corrected chi connectivity index (χ0v) is 16.1. The maximum Gasteiger partial charge on any atom is 0.416 e. The summed E-state index contributed by atoms with van der Waals surface area (Å²) in [6.45, 7) is 3.58. The van der Waals surface area contributed by atoms with Gasteiger partial charge in [0.25, 0.3) is 0 Å². The van der Waals surface area contributed by atoms with Crippen molar-refractivity contribution in [3.63, 3.8) is 0 Å². The lowest BCUT2D eigenvalue weighted by atomic mass is 10.1. The Morgan fingerprint density at radius 1 is 0.935 bits per heavy atom. The van der Waals surface area contributed by atoms with E-state index in [9.17, 15) is 31.4 Å². The third-order valence-electron chi connectivity index (χ3n) is 4.52. The van der Waals surface area contributed by atoms with Crippen molar-refractivity contribution >= 4 is 17.4 Å². The molecule has 1 N–H and O–H groups in total. The molecule has 1 aliphatic rings. The number of anilines is 1. The van der Waals surface area contributed by atoms with Gasteiger partial charge in [0, 0.05) is 25.3 Å². The fraction of sp³-hybridized carbons (Fsp3) is 0.350. The number of amidine groups is 1. The van der Waals surface area contributed by atoms with E-state index >= 15 is 0 Å². The van der Waals surface area contributed by atoms with Crippen LogP contribution in [-0.4, -0.2) is 37.2 Å². The first kappa shape index (κ1) is 22.9. The van der Waals surface area contributed by atoms with E-state index in [1.54, 1.807) is 24.3 Å². The summed E-state index contributed by atoms with van der Waals surface area (Å²) in [5.41, 5.74) is -2.52. The van der Waals surface area contributed by atoms with Crippen molar-refractivity contribution in [1.29, 1.82) is 0 Å². The van der Waals surface area contributed by atoms with Gasteiger partial charge in [0.1, 0.15) is 0 Å². The van der Waals surface area contributed by atoms with Gasteiger partial charge in [-0.05, 0) is 35.9 Å². The number of halogens is 6. The van der Waals surface area contributed by atoms with E-state index in [1.165, 1.54) is 0 Å². The highest BCUT2D eigenvalue weighted by molar-refractivity contribution is 5.87. The largest absolute Gasteiger partial charge is 0.846 e. The van der Waals surface area contributed by atoms with Gasteiger partial charge >= 0.3 is 12.4 Å². The SMILES string of the molecule is [O-]C(=Nc1ccc(CN2CCOCC2)cc1)Nc1cc(C(F)(F)F)cc(C(F)(F)F)c1. The summed E-state index contributed by atoms with van der Waals surface area (Å²) in [5.74, 6) is 0. The van der Waals surface area contributed by atoms with Crippen molar-refractivity contribution in [1.82, 2.24) is 4.90 Å². The molecule has 1 fully saturated rings. The van der Waals surface area contributed by atoms with Gasteiger partial charge in [0.15, 0.2) is 0 Å². The van der Waals surface area contributed by atoms with Crippen molar-refractivity contribution in [3.8, 4) is 0 Å². The highest BCUT2D eigenvalue weighted by Crippen LogP contribution is 2.37. The number of hydrogen-bond donors (Lipinski definition) is 1. The summed E-state index contributed by atoms with van der Waals surface area (Å²) >= 11 is 0. The molecule has 0 unspecified atom stereocenters. The second-order valence-corrected chi connectivity index (χ2v) is 6.89. The maximum absolute atomic E-state index is 12.9. The minimum Gasteiger partial charge on any atom is -0.846 e. The molecular weight excluding hydrogens is 428 g/mol. The van der Waals surface area contributed by atoms with Crippen LogP contribution >= 0.6 is 0 Å². The van der Waals surface area contributed by atoms with Crippen LogP contribution in [0.15, 0.2) is 47.5 Å². The molecule has 1 heterocycles. The first-order valence-electron chi connectivity index (χ1n) is 9.22. The lowest BCUT2D eigenvalue weighted by Crippen LogP contribution is -2.35. The van der Waals surface area contributed by atoms with Crippen LogP contribution < -0.4 is 10.4 Å². The van der Waals surface area contributed by atoms with Crippen molar-refractivity contribution in [2.45, 2.75) is 18.9 Å². The summed E-state index contributed by atoms with van der Waals surface area (Å²) in [6, 6.07) is 6.32. The van der Waals surface area contributed by atoms with E-state index in [4.69, 9.17) is 4.74 Å². The zero-order valence-electron chi connectivity index (χ0n) is 16.1. The average Bonchev–Trinajstić information content (AvgIpc) is 2.68. The molecule has 0 atom stereocenters. The van der Waals surface area contributed by atoms with E-state index in [0.717, 1.165) is 18.7 Å². The third kappa shape index (κ3) is 6.59. The van der Waals surface area contributed by atoms with E-state index in [2.05, 4.69) is 9.89 Å². The van der Waals surface area contributed by atoms with E-state index in [1.807, 2.05) is 5.32 Å². The number of hydrogen-bond acceptors (Lipinski definition) is 4. The molecule has 0 bridgehead atoms. The monoisotopic (exact) mass is 446 g/mol. The maximum atomic E-state index is 12.9.